The smallest absolute Gasteiger partial charge is 0.242 e. The van der Waals surface area contributed by atoms with E-state index in [-0.39, 0.29) is 11.9 Å². The molecule has 0 aromatic heterocycles. The molecule has 0 saturated heterocycles. The molecule has 1 aromatic carbocycles. The molecule has 0 bridgehead atoms. The summed E-state index contributed by atoms with van der Waals surface area (Å²) in [7, 11) is 0. The van der Waals surface area contributed by atoms with E-state index < -0.39 is 0 Å². The average molecular weight is 346 g/mol. The number of nitrogens with one attached hydrogen (secondary N) is 2. The average Bonchev–Trinajstić information content (AvgIpc) is 2.86. The zero-order valence-corrected chi connectivity index (χ0v) is 13.2. The van der Waals surface area contributed by atoms with Gasteiger partial charge in [-0.2, -0.15) is 0 Å². The Kier molecular flexibility index (Phi) is 5.11. The number of benzene rings is 1. The minimum absolute atomic E-state index is 0.0472. The fourth-order valence-electron chi connectivity index (χ4n) is 2.30. The first-order chi connectivity index (χ1) is 9.06. The number of carbonyl (C=O) groups excluding carboxylic acids is 1. The molecule has 1 aliphatic rings. The third-order valence-electron chi connectivity index (χ3n) is 3.40. The molecule has 3 nitrogen and oxygen atoms in total. The maximum Gasteiger partial charge on any atom is 0.242 e. The second-order valence-electron chi connectivity index (χ2n) is 4.98. The minimum Gasteiger partial charge on any atom is -0.374 e. The lowest BCUT2D eigenvalue weighted by Gasteiger charge is -2.18. The van der Waals surface area contributed by atoms with E-state index in [2.05, 4.69) is 26.6 Å². The number of halogens is 2. The predicted octanol–water partition coefficient (Wildman–Crippen LogP) is 3.96. The maximum absolute atomic E-state index is 12.0. The third kappa shape index (κ3) is 4.11. The van der Waals surface area contributed by atoms with E-state index >= 15 is 0 Å². The van der Waals surface area contributed by atoms with E-state index in [1.165, 1.54) is 12.8 Å². The summed E-state index contributed by atoms with van der Waals surface area (Å²) in [5, 5.41) is 6.88. The molecule has 1 fully saturated rings. The van der Waals surface area contributed by atoms with Crippen LogP contribution in [-0.4, -0.2) is 18.0 Å². The van der Waals surface area contributed by atoms with Crippen molar-refractivity contribution in [2.24, 2.45) is 0 Å². The molecule has 1 unspecified atom stereocenters. The van der Waals surface area contributed by atoms with E-state index in [0.717, 1.165) is 23.0 Å². The van der Waals surface area contributed by atoms with E-state index in [0.29, 0.717) is 11.1 Å². The first-order valence-electron chi connectivity index (χ1n) is 6.58. The van der Waals surface area contributed by atoms with Gasteiger partial charge in [-0.05, 0) is 53.9 Å². The summed E-state index contributed by atoms with van der Waals surface area (Å²) in [6.45, 7) is 1.86. The summed E-state index contributed by atoms with van der Waals surface area (Å²) in [6, 6.07) is 5.66. The molecule has 0 aliphatic heterocycles. The Hall–Kier alpha value is -0.740. The zero-order chi connectivity index (χ0) is 13.8. The SMILES string of the molecule is CC(Nc1ccc(Br)c(Cl)c1)C(=O)NC1CCCC1. The van der Waals surface area contributed by atoms with Crippen molar-refractivity contribution >= 4 is 39.1 Å². The van der Waals surface area contributed by atoms with Gasteiger partial charge in [-0.3, -0.25) is 4.79 Å². The molecule has 19 heavy (non-hydrogen) atoms. The summed E-state index contributed by atoms with van der Waals surface area (Å²) in [5.41, 5.74) is 0.849. The van der Waals surface area contributed by atoms with Crippen LogP contribution in [0.3, 0.4) is 0 Å². The standard InChI is InChI=1S/C14H18BrClN2O/c1-9(14(19)18-10-4-2-3-5-10)17-11-6-7-12(15)13(16)8-11/h6-10,17H,2-5H2,1H3,(H,18,19). The number of hydrogen-bond acceptors (Lipinski definition) is 2. The summed E-state index contributed by atoms with van der Waals surface area (Å²) in [6.07, 6.45) is 4.63. The van der Waals surface area contributed by atoms with Crippen molar-refractivity contribution in [3.8, 4) is 0 Å². The lowest BCUT2D eigenvalue weighted by Crippen LogP contribution is -2.42. The van der Waals surface area contributed by atoms with Crippen molar-refractivity contribution in [2.75, 3.05) is 5.32 Å². The predicted molar refractivity (Wildman–Crippen MR) is 82.6 cm³/mol. The lowest BCUT2D eigenvalue weighted by atomic mass is 10.2. The molecule has 0 heterocycles. The highest BCUT2D eigenvalue weighted by molar-refractivity contribution is 9.10. The molecular weight excluding hydrogens is 328 g/mol. The van der Waals surface area contributed by atoms with Crippen LogP contribution in [0.2, 0.25) is 5.02 Å². The van der Waals surface area contributed by atoms with Crippen molar-refractivity contribution in [1.82, 2.24) is 5.32 Å². The van der Waals surface area contributed by atoms with Crippen molar-refractivity contribution < 1.29 is 4.79 Å². The van der Waals surface area contributed by atoms with Crippen LogP contribution in [0.15, 0.2) is 22.7 Å². The van der Waals surface area contributed by atoms with Gasteiger partial charge < -0.3 is 10.6 Å². The van der Waals surface area contributed by atoms with E-state index in [9.17, 15) is 4.79 Å². The summed E-state index contributed by atoms with van der Waals surface area (Å²) >= 11 is 9.37. The van der Waals surface area contributed by atoms with Gasteiger partial charge in [0.2, 0.25) is 5.91 Å². The van der Waals surface area contributed by atoms with Crippen molar-refractivity contribution in [3.05, 3.63) is 27.7 Å². The summed E-state index contributed by atoms with van der Waals surface area (Å²) in [5.74, 6) is 0.0472. The van der Waals surface area contributed by atoms with Gasteiger partial charge in [0.25, 0.3) is 0 Å². The summed E-state index contributed by atoms with van der Waals surface area (Å²) in [4.78, 5) is 12.0. The Balaban J connectivity index is 1.90. The molecule has 5 heteroatoms. The van der Waals surface area contributed by atoms with Crippen molar-refractivity contribution in [2.45, 2.75) is 44.7 Å². The quantitative estimate of drug-likeness (QED) is 0.867. The van der Waals surface area contributed by atoms with Gasteiger partial charge in [-0.15, -0.1) is 0 Å². The van der Waals surface area contributed by atoms with Crippen LogP contribution in [0.5, 0.6) is 0 Å². The highest BCUT2D eigenvalue weighted by atomic mass is 79.9. The molecule has 1 saturated carbocycles. The number of amides is 1. The van der Waals surface area contributed by atoms with Gasteiger partial charge in [0.05, 0.1) is 5.02 Å². The van der Waals surface area contributed by atoms with Gasteiger partial charge in [-0.1, -0.05) is 24.4 Å². The molecule has 1 amide bonds. The fraction of sp³-hybridized carbons (Fsp3) is 0.500. The van der Waals surface area contributed by atoms with Gasteiger partial charge in [0.15, 0.2) is 0 Å². The molecule has 0 radical (unpaired) electrons. The molecule has 2 N–H and O–H groups in total. The van der Waals surface area contributed by atoms with Gasteiger partial charge in [0, 0.05) is 16.2 Å². The number of carbonyl (C=O) groups is 1. The Morgan fingerprint density at radius 2 is 2.11 bits per heavy atom. The Morgan fingerprint density at radius 1 is 1.42 bits per heavy atom. The fourth-order valence-corrected chi connectivity index (χ4v) is 2.72. The minimum atomic E-state index is -0.266. The number of rotatable bonds is 4. The molecule has 1 aliphatic carbocycles. The maximum atomic E-state index is 12.0. The molecule has 1 atom stereocenters. The first-order valence-corrected chi connectivity index (χ1v) is 7.75. The van der Waals surface area contributed by atoms with Crippen LogP contribution in [0.4, 0.5) is 5.69 Å². The van der Waals surface area contributed by atoms with Crippen molar-refractivity contribution in [1.29, 1.82) is 0 Å². The first kappa shape index (κ1) is 14.7. The number of hydrogen-bond donors (Lipinski definition) is 2. The lowest BCUT2D eigenvalue weighted by molar-refractivity contribution is -0.122. The van der Waals surface area contributed by atoms with E-state index in [1.54, 1.807) is 0 Å². The molecule has 2 rings (SSSR count). The van der Waals surface area contributed by atoms with Crippen molar-refractivity contribution in [3.63, 3.8) is 0 Å². The second-order valence-corrected chi connectivity index (χ2v) is 6.25. The molecule has 1 aromatic rings. The van der Waals surface area contributed by atoms with Crippen LogP contribution >= 0.6 is 27.5 Å². The van der Waals surface area contributed by atoms with Gasteiger partial charge in [-0.25, -0.2) is 0 Å². The van der Waals surface area contributed by atoms with E-state index in [4.69, 9.17) is 11.6 Å². The van der Waals surface area contributed by atoms with Gasteiger partial charge in [0.1, 0.15) is 6.04 Å². The Labute approximate surface area is 127 Å². The van der Waals surface area contributed by atoms with Crippen LogP contribution in [0.1, 0.15) is 32.6 Å². The Morgan fingerprint density at radius 3 is 2.74 bits per heavy atom. The topological polar surface area (TPSA) is 41.1 Å². The molecule has 0 spiro atoms. The monoisotopic (exact) mass is 344 g/mol. The van der Waals surface area contributed by atoms with Crippen LogP contribution in [-0.2, 0) is 4.79 Å². The third-order valence-corrected chi connectivity index (χ3v) is 4.63. The molecular formula is C14H18BrClN2O. The van der Waals surface area contributed by atoms with Crippen LogP contribution in [0, 0.1) is 0 Å². The van der Waals surface area contributed by atoms with E-state index in [1.807, 2.05) is 25.1 Å². The van der Waals surface area contributed by atoms with Crippen LogP contribution in [0.25, 0.3) is 0 Å². The zero-order valence-electron chi connectivity index (χ0n) is 10.9. The summed E-state index contributed by atoms with van der Waals surface area (Å²) < 4.78 is 0.850. The normalized spacial score (nSPS) is 17.2. The van der Waals surface area contributed by atoms with Crippen LogP contribution < -0.4 is 10.6 Å². The highest BCUT2D eigenvalue weighted by Crippen LogP contribution is 2.26. The van der Waals surface area contributed by atoms with Gasteiger partial charge >= 0.3 is 0 Å². The second kappa shape index (κ2) is 6.62. The highest BCUT2D eigenvalue weighted by Gasteiger charge is 2.20. The Bertz CT molecular complexity index is 461. The largest absolute Gasteiger partial charge is 0.374 e. The number of anilines is 1. The molecule has 104 valence electrons.